The van der Waals surface area contributed by atoms with Gasteiger partial charge in [0.05, 0.1) is 12.9 Å². The maximum absolute atomic E-state index is 9.26. The zero-order valence-electron chi connectivity index (χ0n) is 8.02. The molecule has 0 heterocycles. The average Bonchev–Trinajstić information content (AvgIpc) is 2.23. The van der Waals surface area contributed by atoms with Gasteiger partial charge in [-0.2, -0.15) is 0 Å². The van der Waals surface area contributed by atoms with E-state index in [9.17, 15) is 15.3 Å². The van der Waals surface area contributed by atoms with Crippen molar-refractivity contribution in [3.8, 4) is 0 Å². The SMILES string of the molecule is OC[P+](CO)(CO)C1CCCCC1. The van der Waals surface area contributed by atoms with E-state index in [1.807, 2.05) is 0 Å². The fourth-order valence-corrected chi connectivity index (χ4v) is 4.53. The van der Waals surface area contributed by atoms with Gasteiger partial charge in [-0.1, -0.05) is 6.42 Å². The molecule has 78 valence electrons. The van der Waals surface area contributed by atoms with Gasteiger partial charge >= 0.3 is 0 Å². The molecular formula is C9H20O3P+. The van der Waals surface area contributed by atoms with E-state index < -0.39 is 7.26 Å². The fourth-order valence-electron chi connectivity index (χ4n) is 2.11. The maximum atomic E-state index is 9.26. The van der Waals surface area contributed by atoms with E-state index in [-0.39, 0.29) is 19.0 Å². The summed E-state index contributed by atoms with van der Waals surface area (Å²) in [5.74, 6) is 0. The highest BCUT2D eigenvalue weighted by Crippen LogP contribution is 2.63. The molecule has 1 aliphatic rings. The summed E-state index contributed by atoms with van der Waals surface area (Å²) >= 11 is 0. The summed E-state index contributed by atoms with van der Waals surface area (Å²) in [4.78, 5) is 0. The lowest BCUT2D eigenvalue weighted by Crippen LogP contribution is -2.24. The molecule has 0 spiro atoms. The van der Waals surface area contributed by atoms with Crippen molar-refractivity contribution in [2.75, 3.05) is 19.0 Å². The Morgan fingerprint density at radius 2 is 1.31 bits per heavy atom. The van der Waals surface area contributed by atoms with E-state index in [2.05, 4.69) is 0 Å². The van der Waals surface area contributed by atoms with Crippen molar-refractivity contribution in [3.05, 3.63) is 0 Å². The highest BCUT2D eigenvalue weighted by molar-refractivity contribution is 7.75. The molecule has 0 aliphatic heterocycles. The van der Waals surface area contributed by atoms with Gasteiger partial charge in [0.1, 0.15) is 0 Å². The minimum atomic E-state index is -1.85. The predicted molar refractivity (Wildman–Crippen MR) is 55.1 cm³/mol. The summed E-state index contributed by atoms with van der Waals surface area (Å²) in [7, 11) is -1.85. The van der Waals surface area contributed by atoms with Crippen LogP contribution in [0.5, 0.6) is 0 Å². The second-order valence-electron chi connectivity index (χ2n) is 3.93. The molecular weight excluding hydrogens is 187 g/mol. The Balaban J connectivity index is 2.60. The molecule has 0 amide bonds. The first-order valence-corrected chi connectivity index (χ1v) is 7.39. The van der Waals surface area contributed by atoms with Gasteiger partial charge in [-0.15, -0.1) is 0 Å². The highest BCUT2D eigenvalue weighted by atomic mass is 31.2. The van der Waals surface area contributed by atoms with Crippen molar-refractivity contribution in [2.24, 2.45) is 0 Å². The summed E-state index contributed by atoms with van der Waals surface area (Å²) in [5, 5.41) is 27.8. The van der Waals surface area contributed by atoms with Crippen LogP contribution in [0.25, 0.3) is 0 Å². The summed E-state index contributed by atoms with van der Waals surface area (Å²) in [6.45, 7) is 0. The van der Waals surface area contributed by atoms with Gasteiger partial charge in [0, 0.05) is 0 Å². The first-order valence-electron chi connectivity index (χ1n) is 4.97. The lowest BCUT2D eigenvalue weighted by molar-refractivity contribution is 0.303. The van der Waals surface area contributed by atoms with Gasteiger partial charge in [0.25, 0.3) is 0 Å². The molecule has 13 heavy (non-hydrogen) atoms. The van der Waals surface area contributed by atoms with Gasteiger partial charge in [0.15, 0.2) is 19.0 Å². The second kappa shape index (κ2) is 5.26. The van der Waals surface area contributed by atoms with Gasteiger partial charge < -0.3 is 15.3 Å². The molecule has 3 N–H and O–H groups in total. The van der Waals surface area contributed by atoms with Crippen LogP contribution in [-0.4, -0.2) is 40.0 Å². The third kappa shape index (κ3) is 2.41. The molecule has 3 nitrogen and oxygen atoms in total. The molecule has 1 saturated carbocycles. The van der Waals surface area contributed by atoms with Crippen LogP contribution in [0.4, 0.5) is 0 Å². The molecule has 0 saturated heterocycles. The van der Waals surface area contributed by atoms with Gasteiger partial charge in [-0.25, -0.2) is 0 Å². The van der Waals surface area contributed by atoms with Crippen LogP contribution in [-0.2, 0) is 0 Å². The Morgan fingerprint density at radius 1 is 0.846 bits per heavy atom. The van der Waals surface area contributed by atoms with E-state index in [1.165, 1.54) is 19.3 Å². The zero-order chi connectivity index (χ0) is 9.73. The molecule has 1 fully saturated rings. The molecule has 1 aliphatic carbocycles. The van der Waals surface area contributed by atoms with Crippen molar-refractivity contribution in [2.45, 2.75) is 37.8 Å². The Morgan fingerprint density at radius 3 is 1.69 bits per heavy atom. The number of rotatable bonds is 4. The van der Waals surface area contributed by atoms with E-state index in [0.29, 0.717) is 5.66 Å². The molecule has 0 aromatic heterocycles. The number of hydrogen-bond acceptors (Lipinski definition) is 3. The lowest BCUT2D eigenvalue weighted by Gasteiger charge is -2.32. The molecule has 4 heteroatoms. The van der Waals surface area contributed by atoms with Crippen LogP contribution >= 0.6 is 7.26 Å². The molecule has 0 atom stereocenters. The molecule has 0 radical (unpaired) electrons. The first-order chi connectivity index (χ1) is 6.29. The Bertz CT molecular complexity index is 134. The van der Waals surface area contributed by atoms with Gasteiger partial charge in [-0.05, 0) is 25.7 Å². The summed E-state index contributed by atoms with van der Waals surface area (Å²) in [5.41, 5.74) is 0.404. The van der Waals surface area contributed by atoms with Crippen molar-refractivity contribution >= 4 is 7.26 Å². The third-order valence-corrected chi connectivity index (χ3v) is 6.95. The molecule has 0 aromatic rings. The fraction of sp³-hybridized carbons (Fsp3) is 1.00. The van der Waals surface area contributed by atoms with Crippen molar-refractivity contribution in [1.82, 2.24) is 0 Å². The van der Waals surface area contributed by atoms with E-state index in [1.54, 1.807) is 0 Å². The van der Waals surface area contributed by atoms with Crippen LogP contribution in [0.2, 0.25) is 0 Å². The Hall–Kier alpha value is 0.310. The summed E-state index contributed by atoms with van der Waals surface area (Å²) in [6, 6.07) is 0. The third-order valence-electron chi connectivity index (χ3n) is 3.19. The topological polar surface area (TPSA) is 60.7 Å². The maximum Gasteiger partial charge on any atom is 0.159 e. The number of hydrogen-bond donors (Lipinski definition) is 3. The Labute approximate surface area is 80.1 Å². The average molecular weight is 207 g/mol. The van der Waals surface area contributed by atoms with E-state index in [4.69, 9.17) is 0 Å². The summed E-state index contributed by atoms with van der Waals surface area (Å²) < 4.78 is 0. The largest absolute Gasteiger partial charge is 0.362 e. The van der Waals surface area contributed by atoms with Crippen molar-refractivity contribution in [3.63, 3.8) is 0 Å². The van der Waals surface area contributed by atoms with Crippen LogP contribution in [0, 0.1) is 0 Å². The normalized spacial score (nSPS) is 20.5. The van der Waals surface area contributed by atoms with Crippen molar-refractivity contribution in [1.29, 1.82) is 0 Å². The molecule has 1 rings (SSSR count). The van der Waals surface area contributed by atoms with Crippen LogP contribution in [0.1, 0.15) is 32.1 Å². The standard InChI is InChI=1S/C9H20O3P/c10-6-13(7-11,8-12)9-4-2-1-3-5-9/h9-12H,1-8H2/q+1. The smallest absolute Gasteiger partial charge is 0.159 e. The molecule has 0 aromatic carbocycles. The highest BCUT2D eigenvalue weighted by Gasteiger charge is 2.44. The van der Waals surface area contributed by atoms with Crippen LogP contribution in [0.15, 0.2) is 0 Å². The molecule has 0 unspecified atom stereocenters. The van der Waals surface area contributed by atoms with Gasteiger partial charge in [0.2, 0.25) is 0 Å². The van der Waals surface area contributed by atoms with E-state index >= 15 is 0 Å². The second-order valence-corrected chi connectivity index (χ2v) is 7.95. The van der Waals surface area contributed by atoms with Crippen LogP contribution in [0.3, 0.4) is 0 Å². The molecule has 0 bridgehead atoms. The Kier molecular flexibility index (Phi) is 4.60. The minimum absolute atomic E-state index is 0.00463. The monoisotopic (exact) mass is 207 g/mol. The van der Waals surface area contributed by atoms with Crippen molar-refractivity contribution < 1.29 is 15.3 Å². The lowest BCUT2D eigenvalue weighted by atomic mass is 10.0. The zero-order valence-corrected chi connectivity index (χ0v) is 8.92. The predicted octanol–water partition coefficient (Wildman–Crippen LogP) is 1.19. The first kappa shape index (κ1) is 11.4. The minimum Gasteiger partial charge on any atom is -0.362 e. The van der Waals surface area contributed by atoms with E-state index in [0.717, 1.165) is 12.8 Å². The van der Waals surface area contributed by atoms with Gasteiger partial charge in [-0.3, -0.25) is 0 Å². The quantitative estimate of drug-likeness (QED) is 0.607. The van der Waals surface area contributed by atoms with Crippen LogP contribution < -0.4 is 0 Å². The number of aliphatic hydroxyl groups excluding tert-OH is 3. The summed E-state index contributed by atoms with van der Waals surface area (Å²) in [6.07, 6.45) is 5.81. The number of aliphatic hydroxyl groups is 3.